The lowest BCUT2D eigenvalue weighted by atomic mass is 9.88. The van der Waals surface area contributed by atoms with E-state index in [1.807, 2.05) is 7.05 Å². The van der Waals surface area contributed by atoms with Gasteiger partial charge in [-0.1, -0.05) is 33.1 Å². The highest BCUT2D eigenvalue weighted by molar-refractivity contribution is 5.73. The van der Waals surface area contributed by atoms with E-state index < -0.39 is 5.97 Å². The Morgan fingerprint density at radius 3 is 2.35 bits per heavy atom. The van der Waals surface area contributed by atoms with Gasteiger partial charge in [0, 0.05) is 6.54 Å². The van der Waals surface area contributed by atoms with Gasteiger partial charge in [0.25, 0.3) is 0 Å². The smallest absolute Gasteiger partial charge is 0.320 e. The standard InChI is InChI=1S/C14H27NO2/c1-11(2)9-13(14(16)17)15(3)10-12-7-5-4-6-8-12/h11-13H,4-10H2,1-3H3,(H,16,17)/t13-/m0/s1. The molecule has 0 heterocycles. The minimum atomic E-state index is -0.669. The van der Waals surface area contributed by atoms with Crippen LogP contribution in [-0.4, -0.2) is 35.6 Å². The van der Waals surface area contributed by atoms with Crippen molar-refractivity contribution in [2.45, 2.75) is 58.4 Å². The van der Waals surface area contributed by atoms with Gasteiger partial charge in [0.15, 0.2) is 0 Å². The maximum atomic E-state index is 11.3. The van der Waals surface area contributed by atoms with E-state index in [9.17, 15) is 9.90 Å². The zero-order valence-electron chi connectivity index (χ0n) is 11.5. The summed E-state index contributed by atoms with van der Waals surface area (Å²) in [5.74, 6) is 0.477. The van der Waals surface area contributed by atoms with Crippen molar-refractivity contribution < 1.29 is 9.90 Å². The number of carboxylic acid groups (broad SMARTS) is 1. The van der Waals surface area contributed by atoms with Crippen LogP contribution in [0.4, 0.5) is 0 Å². The summed E-state index contributed by atoms with van der Waals surface area (Å²) in [5, 5.41) is 9.28. The van der Waals surface area contributed by atoms with Gasteiger partial charge in [-0.3, -0.25) is 9.69 Å². The molecule has 1 N–H and O–H groups in total. The fourth-order valence-electron chi connectivity index (χ4n) is 2.82. The predicted molar refractivity (Wildman–Crippen MR) is 70.1 cm³/mol. The van der Waals surface area contributed by atoms with Crippen molar-refractivity contribution in [1.29, 1.82) is 0 Å². The van der Waals surface area contributed by atoms with Gasteiger partial charge in [0.2, 0.25) is 0 Å². The van der Waals surface area contributed by atoms with Gasteiger partial charge in [0.1, 0.15) is 6.04 Å². The van der Waals surface area contributed by atoms with Gasteiger partial charge in [0.05, 0.1) is 0 Å². The van der Waals surface area contributed by atoms with Crippen molar-refractivity contribution in [1.82, 2.24) is 4.90 Å². The molecule has 0 aliphatic heterocycles. The normalized spacial score (nSPS) is 19.8. The molecule has 0 radical (unpaired) electrons. The Bertz CT molecular complexity index is 234. The zero-order chi connectivity index (χ0) is 12.8. The highest BCUT2D eigenvalue weighted by atomic mass is 16.4. The molecular formula is C14H27NO2. The van der Waals surface area contributed by atoms with Crippen LogP contribution in [0, 0.1) is 11.8 Å². The van der Waals surface area contributed by atoms with Gasteiger partial charge >= 0.3 is 5.97 Å². The fourth-order valence-corrected chi connectivity index (χ4v) is 2.82. The van der Waals surface area contributed by atoms with Gasteiger partial charge in [-0.15, -0.1) is 0 Å². The van der Waals surface area contributed by atoms with E-state index in [0.717, 1.165) is 13.0 Å². The van der Waals surface area contributed by atoms with Gasteiger partial charge in [-0.2, -0.15) is 0 Å². The number of carbonyl (C=O) groups is 1. The molecule has 1 atom stereocenters. The largest absolute Gasteiger partial charge is 0.480 e. The summed E-state index contributed by atoms with van der Waals surface area (Å²) in [6.07, 6.45) is 7.30. The Kier molecular flexibility index (Phi) is 5.96. The van der Waals surface area contributed by atoms with E-state index in [4.69, 9.17) is 0 Å². The van der Waals surface area contributed by atoms with Crippen LogP contribution in [0.25, 0.3) is 0 Å². The van der Waals surface area contributed by atoms with E-state index in [2.05, 4.69) is 18.7 Å². The number of carboxylic acids is 1. The first-order valence-electron chi connectivity index (χ1n) is 6.93. The summed E-state index contributed by atoms with van der Waals surface area (Å²) in [5.41, 5.74) is 0. The lowest BCUT2D eigenvalue weighted by molar-refractivity contribution is -0.143. The van der Waals surface area contributed by atoms with Crippen LogP contribution in [0.15, 0.2) is 0 Å². The molecule has 0 aromatic carbocycles. The van der Waals surface area contributed by atoms with E-state index >= 15 is 0 Å². The molecule has 1 rings (SSSR count). The van der Waals surface area contributed by atoms with Gasteiger partial charge in [-0.25, -0.2) is 0 Å². The lowest BCUT2D eigenvalue weighted by Gasteiger charge is -2.31. The lowest BCUT2D eigenvalue weighted by Crippen LogP contribution is -2.42. The monoisotopic (exact) mass is 241 g/mol. The Morgan fingerprint density at radius 2 is 1.88 bits per heavy atom. The average molecular weight is 241 g/mol. The molecule has 17 heavy (non-hydrogen) atoms. The van der Waals surface area contributed by atoms with Crippen molar-refractivity contribution in [2.24, 2.45) is 11.8 Å². The van der Waals surface area contributed by atoms with Crippen LogP contribution in [0.5, 0.6) is 0 Å². The maximum Gasteiger partial charge on any atom is 0.320 e. The number of aliphatic carboxylic acids is 1. The third kappa shape index (κ3) is 5.07. The Morgan fingerprint density at radius 1 is 1.29 bits per heavy atom. The van der Waals surface area contributed by atoms with E-state index in [1.165, 1.54) is 32.1 Å². The van der Waals surface area contributed by atoms with Crippen LogP contribution < -0.4 is 0 Å². The summed E-state index contributed by atoms with van der Waals surface area (Å²) in [6.45, 7) is 5.12. The molecule has 0 unspecified atom stereocenters. The second kappa shape index (κ2) is 7.00. The van der Waals surface area contributed by atoms with Crippen molar-refractivity contribution in [3.8, 4) is 0 Å². The van der Waals surface area contributed by atoms with Crippen molar-refractivity contribution in [3.63, 3.8) is 0 Å². The number of likely N-dealkylation sites (N-methyl/N-ethyl adjacent to an activating group) is 1. The molecule has 3 heteroatoms. The summed E-state index contributed by atoms with van der Waals surface area (Å²) >= 11 is 0. The van der Waals surface area contributed by atoms with Gasteiger partial charge < -0.3 is 5.11 Å². The molecule has 0 saturated heterocycles. The second-order valence-corrected chi connectivity index (χ2v) is 5.93. The fraction of sp³-hybridized carbons (Fsp3) is 0.929. The molecule has 0 bridgehead atoms. The van der Waals surface area contributed by atoms with E-state index in [0.29, 0.717) is 11.8 Å². The molecule has 1 saturated carbocycles. The molecule has 0 aromatic heterocycles. The van der Waals surface area contributed by atoms with E-state index in [1.54, 1.807) is 0 Å². The van der Waals surface area contributed by atoms with Crippen LogP contribution in [0.2, 0.25) is 0 Å². The SMILES string of the molecule is CC(C)C[C@@H](C(=O)O)N(C)CC1CCCCC1. The molecule has 0 spiro atoms. The number of hydrogen-bond acceptors (Lipinski definition) is 2. The minimum absolute atomic E-state index is 0.308. The summed E-state index contributed by atoms with van der Waals surface area (Å²) in [7, 11) is 1.97. The first-order valence-corrected chi connectivity index (χ1v) is 6.93. The quantitative estimate of drug-likeness (QED) is 0.777. The van der Waals surface area contributed by atoms with Crippen molar-refractivity contribution in [3.05, 3.63) is 0 Å². The molecular weight excluding hydrogens is 214 g/mol. The predicted octanol–water partition coefficient (Wildman–Crippen LogP) is 3.00. The summed E-state index contributed by atoms with van der Waals surface area (Å²) in [6, 6.07) is -0.308. The highest BCUT2D eigenvalue weighted by Gasteiger charge is 2.26. The maximum absolute atomic E-state index is 11.3. The Labute approximate surface area is 105 Å². The molecule has 100 valence electrons. The minimum Gasteiger partial charge on any atom is -0.480 e. The summed E-state index contributed by atoms with van der Waals surface area (Å²) in [4.78, 5) is 13.3. The molecule has 1 aliphatic carbocycles. The third-order valence-electron chi connectivity index (χ3n) is 3.78. The Hall–Kier alpha value is -0.570. The number of rotatable bonds is 6. The van der Waals surface area contributed by atoms with Gasteiger partial charge in [-0.05, 0) is 38.1 Å². The Balaban J connectivity index is 2.45. The van der Waals surface area contributed by atoms with Crippen LogP contribution in [0.1, 0.15) is 52.4 Å². The van der Waals surface area contributed by atoms with Crippen LogP contribution >= 0.6 is 0 Å². The average Bonchev–Trinajstić information content (AvgIpc) is 2.26. The van der Waals surface area contributed by atoms with Crippen molar-refractivity contribution in [2.75, 3.05) is 13.6 Å². The molecule has 0 amide bonds. The highest BCUT2D eigenvalue weighted by Crippen LogP contribution is 2.25. The zero-order valence-corrected chi connectivity index (χ0v) is 11.5. The van der Waals surface area contributed by atoms with Crippen molar-refractivity contribution >= 4 is 5.97 Å². The third-order valence-corrected chi connectivity index (χ3v) is 3.78. The van der Waals surface area contributed by atoms with Crippen LogP contribution in [-0.2, 0) is 4.79 Å². The molecule has 3 nitrogen and oxygen atoms in total. The number of hydrogen-bond donors (Lipinski definition) is 1. The first kappa shape index (κ1) is 14.5. The molecule has 0 aromatic rings. The topological polar surface area (TPSA) is 40.5 Å². The van der Waals surface area contributed by atoms with Crippen LogP contribution in [0.3, 0.4) is 0 Å². The first-order chi connectivity index (χ1) is 8.00. The molecule has 1 fully saturated rings. The summed E-state index contributed by atoms with van der Waals surface area (Å²) < 4.78 is 0. The second-order valence-electron chi connectivity index (χ2n) is 5.93. The molecule has 1 aliphatic rings. The number of nitrogens with zero attached hydrogens (tertiary/aromatic N) is 1. The van der Waals surface area contributed by atoms with E-state index in [-0.39, 0.29) is 6.04 Å².